The Morgan fingerprint density at radius 3 is 2.81 bits per heavy atom. The number of carbonyl (C=O) groups is 1. The van der Waals surface area contributed by atoms with Gasteiger partial charge >= 0.3 is 5.97 Å². The summed E-state index contributed by atoms with van der Waals surface area (Å²) in [4.78, 5) is 15.4. The predicted molar refractivity (Wildman–Crippen MR) is 80.9 cm³/mol. The van der Waals surface area contributed by atoms with E-state index in [-0.39, 0.29) is 11.8 Å². The Balaban J connectivity index is 2.55. The lowest BCUT2D eigenvalue weighted by Crippen LogP contribution is -2.15. The summed E-state index contributed by atoms with van der Waals surface area (Å²) < 4.78 is 9.15. The lowest BCUT2D eigenvalue weighted by atomic mass is 10.3. The van der Waals surface area contributed by atoms with Crippen molar-refractivity contribution in [3.05, 3.63) is 5.69 Å². The zero-order chi connectivity index (χ0) is 15.6. The van der Waals surface area contributed by atoms with E-state index in [0.29, 0.717) is 11.8 Å². The van der Waals surface area contributed by atoms with E-state index in [9.17, 15) is 4.79 Å². The number of rotatable bonds is 7. The number of ether oxygens (including phenoxy) is 1. The van der Waals surface area contributed by atoms with Crippen molar-refractivity contribution in [1.82, 2.24) is 19.3 Å². The van der Waals surface area contributed by atoms with E-state index >= 15 is 0 Å². The first-order chi connectivity index (χ1) is 9.99. The molecular weight excluding hydrogens is 292 g/mol. The number of fused-ring (bicyclic) bond motifs is 1. The van der Waals surface area contributed by atoms with Gasteiger partial charge in [-0.3, -0.25) is 9.36 Å². The van der Waals surface area contributed by atoms with Gasteiger partial charge in [0.05, 0.1) is 24.1 Å². The minimum atomic E-state index is -0.855. The van der Waals surface area contributed by atoms with Crippen LogP contribution in [0.4, 0.5) is 0 Å². The highest BCUT2D eigenvalue weighted by molar-refractivity contribution is 7.99. The largest absolute Gasteiger partial charge is 0.481 e. The highest BCUT2D eigenvalue weighted by Gasteiger charge is 2.22. The molecule has 0 spiro atoms. The maximum Gasteiger partial charge on any atom is 0.313 e. The van der Waals surface area contributed by atoms with Crippen molar-refractivity contribution < 1.29 is 14.6 Å². The average molecular weight is 312 g/mol. The number of hydrogen-bond donors (Lipinski definition) is 1. The quantitative estimate of drug-likeness (QED) is 0.787. The van der Waals surface area contributed by atoms with Gasteiger partial charge in [-0.15, -0.1) is 0 Å². The number of carboxylic acid groups (broad SMARTS) is 1. The summed E-state index contributed by atoms with van der Waals surface area (Å²) in [6.07, 6.45) is 0. The fourth-order valence-corrected chi connectivity index (χ4v) is 3.14. The normalized spacial score (nSPS) is 13.0. The fraction of sp³-hybridized carbons (Fsp3) is 0.615. The fourth-order valence-electron chi connectivity index (χ4n) is 2.33. The number of aliphatic carboxylic acids is 1. The Hall–Kier alpha value is -1.54. The molecule has 7 nitrogen and oxygen atoms in total. The Morgan fingerprint density at radius 2 is 2.24 bits per heavy atom. The molecule has 8 heteroatoms. The van der Waals surface area contributed by atoms with Crippen LogP contribution in [0.1, 0.15) is 25.6 Å². The number of nitrogens with zero attached hydrogens (tertiary/aromatic N) is 4. The van der Waals surface area contributed by atoms with Crippen LogP contribution in [-0.2, 0) is 16.1 Å². The van der Waals surface area contributed by atoms with Crippen LogP contribution in [0.3, 0.4) is 0 Å². The van der Waals surface area contributed by atoms with Crippen LogP contribution in [-0.4, -0.2) is 49.9 Å². The monoisotopic (exact) mass is 312 g/mol. The van der Waals surface area contributed by atoms with E-state index < -0.39 is 5.97 Å². The van der Waals surface area contributed by atoms with E-state index in [4.69, 9.17) is 9.84 Å². The van der Waals surface area contributed by atoms with Gasteiger partial charge in [0.1, 0.15) is 5.52 Å². The summed E-state index contributed by atoms with van der Waals surface area (Å²) in [6, 6.07) is 0.0534. The van der Waals surface area contributed by atoms with Crippen LogP contribution >= 0.6 is 11.8 Å². The summed E-state index contributed by atoms with van der Waals surface area (Å²) in [7, 11) is 1.65. The summed E-state index contributed by atoms with van der Waals surface area (Å²) in [5.41, 5.74) is 2.60. The zero-order valence-electron chi connectivity index (χ0n) is 12.7. The van der Waals surface area contributed by atoms with Gasteiger partial charge in [0, 0.05) is 13.7 Å². The first kappa shape index (κ1) is 15.8. The molecule has 2 aromatic rings. The lowest BCUT2D eigenvalue weighted by molar-refractivity contribution is -0.133. The van der Waals surface area contributed by atoms with E-state index in [1.807, 2.05) is 30.0 Å². The molecule has 0 fully saturated rings. The van der Waals surface area contributed by atoms with Gasteiger partial charge in [-0.05, 0) is 20.8 Å². The topological polar surface area (TPSA) is 82.2 Å². The third kappa shape index (κ3) is 3.06. The molecule has 21 heavy (non-hydrogen) atoms. The molecule has 1 unspecified atom stereocenters. The molecule has 0 saturated carbocycles. The molecule has 0 radical (unpaired) electrons. The summed E-state index contributed by atoms with van der Waals surface area (Å²) in [5, 5.41) is 14.1. The van der Waals surface area contributed by atoms with Crippen LogP contribution in [0.25, 0.3) is 11.2 Å². The van der Waals surface area contributed by atoms with Crippen LogP contribution in [0, 0.1) is 6.92 Å². The van der Waals surface area contributed by atoms with E-state index in [0.717, 1.165) is 23.4 Å². The van der Waals surface area contributed by atoms with Crippen LogP contribution in [0.5, 0.6) is 0 Å². The SMILES string of the molecule is CCn1nc(C)c2nc(SCC(=O)O)n(C(C)COC)c21. The first-order valence-corrected chi connectivity index (χ1v) is 7.77. The van der Waals surface area contributed by atoms with Crippen molar-refractivity contribution in [1.29, 1.82) is 0 Å². The highest BCUT2D eigenvalue weighted by atomic mass is 32.2. The minimum Gasteiger partial charge on any atom is -0.481 e. The molecule has 116 valence electrons. The third-order valence-corrected chi connectivity index (χ3v) is 4.12. The zero-order valence-corrected chi connectivity index (χ0v) is 13.5. The van der Waals surface area contributed by atoms with Gasteiger partial charge in [0.2, 0.25) is 0 Å². The second kappa shape index (κ2) is 6.48. The maximum atomic E-state index is 10.8. The lowest BCUT2D eigenvalue weighted by Gasteiger charge is -2.16. The van der Waals surface area contributed by atoms with Crippen molar-refractivity contribution in [3.8, 4) is 0 Å². The Morgan fingerprint density at radius 1 is 1.52 bits per heavy atom. The Kier molecular flexibility index (Phi) is 4.89. The van der Waals surface area contributed by atoms with Gasteiger partial charge in [0.15, 0.2) is 10.8 Å². The molecule has 1 atom stereocenters. The molecule has 0 aliphatic carbocycles. The maximum absolute atomic E-state index is 10.8. The molecule has 1 N–H and O–H groups in total. The van der Waals surface area contributed by atoms with Gasteiger partial charge < -0.3 is 9.84 Å². The van der Waals surface area contributed by atoms with Gasteiger partial charge in [0.25, 0.3) is 0 Å². The molecule has 2 heterocycles. The van der Waals surface area contributed by atoms with Crippen LogP contribution in [0.2, 0.25) is 0 Å². The Bertz CT molecular complexity index is 649. The molecule has 0 amide bonds. The number of imidazole rings is 1. The molecule has 2 rings (SSSR count). The molecule has 0 aromatic carbocycles. The Labute approximate surface area is 127 Å². The van der Waals surface area contributed by atoms with Gasteiger partial charge in [-0.25, -0.2) is 9.67 Å². The van der Waals surface area contributed by atoms with E-state index in [1.54, 1.807) is 7.11 Å². The van der Waals surface area contributed by atoms with Crippen LogP contribution < -0.4 is 0 Å². The van der Waals surface area contributed by atoms with Crippen molar-refractivity contribution >= 4 is 28.9 Å². The van der Waals surface area contributed by atoms with Gasteiger partial charge in [-0.1, -0.05) is 11.8 Å². The molecule has 0 saturated heterocycles. The number of thioether (sulfide) groups is 1. The van der Waals surface area contributed by atoms with Crippen LogP contribution in [0.15, 0.2) is 5.16 Å². The number of methoxy groups -OCH3 is 1. The summed E-state index contributed by atoms with van der Waals surface area (Å²) in [5.74, 6) is -0.871. The number of aryl methyl sites for hydroxylation is 2. The summed E-state index contributed by atoms with van der Waals surface area (Å²) in [6.45, 7) is 7.23. The second-order valence-electron chi connectivity index (χ2n) is 4.82. The molecule has 0 bridgehead atoms. The summed E-state index contributed by atoms with van der Waals surface area (Å²) >= 11 is 1.22. The standard InChI is InChI=1S/C13H20N4O3S/c1-5-16-12-11(9(3)15-16)14-13(21-7-10(18)19)17(12)8(2)6-20-4/h8H,5-7H2,1-4H3,(H,18,19). The molecule has 0 aliphatic rings. The third-order valence-electron chi connectivity index (χ3n) is 3.18. The van der Waals surface area contributed by atoms with Crippen molar-refractivity contribution in [2.75, 3.05) is 19.5 Å². The highest BCUT2D eigenvalue weighted by Crippen LogP contribution is 2.29. The van der Waals surface area contributed by atoms with Crippen molar-refractivity contribution in [2.45, 2.75) is 38.5 Å². The second-order valence-corrected chi connectivity index (χ2v) is 5.77. The van der Waals surface area contributed by atoms with Crippen molar-refractivity contribution in [2.24, 2.45) is 0 Å². The molecule has 0 aliphatic heterocycles. The van der Waals surface area contributed by atoms with Gasteiger partial charge in [-0.2, -0.15) is 5.10 Å². The van der Waals surface area contributed by atoms with E-state index in [2.05, 4.69) is 10.1 Å². The smallest absolute Gasteiger partial charge is 0.313 e. The molecular formula is C13H20N4O3S. The van der Waals surface area contributed by atoms with Crippen molar-refractivity contribution in [3.63, 3.8) is 0 Å². The number of hydrogen-bond acceptors (Lipinski definition) is 5. The minimum absolute atomic E-state index is 0.0160. The predicted octanol–water partition coefficient (Wildman–Crippen LogP) is 1.95. The average Bonchev–Trinajstić information content (AvgIpc) is 2.94. The molecule has 2 aromatic heterocycles. The number of aromatic nitrogens is 4. The number of carboxylic acids is 1. The first-order valence-electron chi connectivity index (χ1n) is 6.78. The van der Waals surface area contributed by atoms with E-state index in [1.165, 1.54) is 11.8 Å².